The predicted octanol–water partition coefficient (Wildman–Crippen LogP) is 4.48. The molecular formula is C20H23BrClN3O3S2. The van der Waals surface area contributed by atoms with Crippen molar-refractivity contribution in [3.8, 4) is 0 Å². The number of fused-ring (bicyclic) bond motifs is 1. The minimum atomic E-state index is -3.53. The molecule has 0 bridgehead atoms. The quantitative estimate of drug-likeness (QED) is 0.449. The highest BCUT2D eigenvalue weighted by atomic mass is 79.9. The summed E-state index contributed by atoms with van der Waals surface area (Å²) in [6, 6.07) is 12.1. The maximum atomic E-state index is 13.5. The van der Waals surface area contributed by atoms with E-state index in [0.29, 0.717) is 18.2 Å². The smallest absolute Gasteiger partial charge is 0.261 e. The molecular weight excluding hydrogens is 510 g/mol. The minimum absolute atomic E-state index is 0. The molecule has 0 saturated carbocycles. The Balaban J connectivity index is 0.00000320. The zero-order valence-electron chi connectivity index (χ0n) is 16.8. The lowest BCUT2D eigenvalue weighted by atomic mass is 10.2. The van der Waals surface area contributed by atoms with E-state index in [4.69, 9.17) is 0 Å². The summed E-state index contributed by atoms with van der Waals surface area (Å²) in [6.07, 6.45) is 0. The number of rotatable bonds is 7. The van der Waals surface area contributed by atoms with Gasteiger partial charge in [-0.15, -0.1) is 12.4 Å². The third-order valence-electron chi connectivity index (χ3n) is 4.42. The number of hydrogen-bond acceptors (Lipinski definition) is 6. The number of carbonyl (C=O) groups excluding carboxylic acids is 1. The predicted molar refractivity (Wildman–Crippen MR) is 129 cm³/mol. The monoisotopic (exact) mass is 531 g/mol. The molecule has 0 aliphatic rings. The van der Waals surface area contributed by atoms with E-state index >= 15 is 0 Å². The summed E-state index contributed by atoms with van der Waals surface area (Å²) in [7, 11) is 0.316. The number of amides is 1. The molecule has 3 aromatic rings. The molecule has 162 valence electrons. The van der Waals surface area contributed by atoms with E-state index in [2.05, 4.69) is 20.9 Å². The number of sulfone groups is 1. The van der Waals surface area contributed by atoms with Crippen LogP contribution < -0.4 is 4.90 Å². The second-order valence-corrected chi connectivity index (χ2v) is 10.9. The average molecular weight is 533 g/mol. The van der Waals surface area contributed by atoms with Crippen molar-refractivity contribution in [2.75, 3.05) is 37.8 Å². The van der Waals surface area contributed by atoms with E-state index in [1.807, 2.05) is 37.2 Å². The van der Waals surface area contributed by atoms with Gasteiger partial charge in [-0.05, 0) is 44.4 Å². The molecule has 10 heteroatoms. The van der Waals surface area contributed by atoms with Gasteiger partial charge in [0.2, 0.25) is 0 Å². The van der Waals surface area contributed by atoms with Crippen LogP contribution in [0.25, 0.3) is 10.2 Å². The maximum Gasteiger partial charge on any atom is 0.261 e. The average Bonchev–Trinajstić information content (AvgIpc) is 3.10. The molecule has 0 unspecified atom stereocenters. The van der Waals surface area contributed by atoms with E-state index in [1.165, 1.54) is 17.4 Å². The number of benzene rings is 2. The Bertz CT molecular complexity index is 1150. The van der Waals surface area contributed by atoms with E-state index in [9.17, 15) is 13.2 Å². The third kappa shape index (κ3) is 5.39. The summed E-state index contributed by atoms with van der Waals surface area (Å²) in [5.41, 5.74) is 0.971. The molecule has 0 fully saturated rings. The molecule has 2 aromatic carbocycles. The zero-order chi connectivity index (χ0) is 21.2. The van der Waals surface area contributed by atoms with Crippen LogP contribution in [-0.4, -0.2) is 57.1 Å². The lowest BCUT2D eigenvalue weighted by Gasteiger charge is -2.23. The molecule has 0 saturated heterocycles. The molecule has 0 aliphatic heterocycles. The minimum Gasteiger partial charge on any atom is -0.308 e. The van der Waals surface area contributed by atoms with Crippen LogP contribution in [0.4, 0.5) is 5.13 Å². The highest BCUT2D eigenvalue weighted by molar-refractivity contribution is 9.10. The van der Waals surface area contributed by atoms with Gasteiger partial charge in [0.05, 0.1) is 26.4 Å². The van der Waals surface area contributed by atoms with Crippen molar-refractivity contribution in [3.05, 3.63) is 52.5 Å². The number of thiazole rings is 1. The van der Waals surface area contributed by atoms with Crippen LogP contribution in [0.3, 0.4) is 0 Å². The molecule has 0 radical (unpaired) electrons. The molecule has 0 atom stereocenters. The highest BCUT2D eigenvalue weighted by Gasteiger charge is 2.27. The lowest BCUT2D eigenvalue weighted by molar-refractivity contribution is 0.0982. The van der Waals surface area contributed by atoms with Crippen LogP contribution in [-0.2, 0) is 9.84 Å². The Morgan fingerprint density at radius 3 is 2.50 bits per heavy atom. The normalized spacial score (nSPS) is 11.5. The summed E-state index contributed by atoms with van der Waals surface area (Å²) in [4.78, 5) is 21.7. The number of nitrogens with zero attached hydrogens (tertiary/aromatic N) is 3. The summed E-state index contributed by atoms with van der Waals surface area (Å²) >= 11 is 4.87. The molecule has 0 aliphatic carbocycles. The van der Waals surface area contributed by atoms with Gasteiger partial charge in [0.15, 0.2) is 15.0 Å². The van der Waals surface area contributed by atoms with Crippen LogP contribution >= 0.6 is 39.7 Å². The number of aromatic nitrogens is 1. The van der Waals surface area contributed by atoms with Gasteiger partial charge in [-0.3, -0.25) is 9.69 Å². The summed E-state index contributed by atoms with van der Waals surface area (Å²) < 4.78 is 27.0. The fourth-order valence-electron chi connectivity index (χ4n) is 2.80. The molecule has 0 spiro atoms. The first kappa shape index (κ1) is 24.7. The van der Waals surface area contributed by atoms with Gasteiger partial charge >= 0.3 is 0 Å². The number of halogens is 2. The van der Waals surface area contributed by atoms with Crippen molar-refractivity contribution >= 4 is 70.8 Å². The second kappa shape index (κ2) is 10.2. The summed E-state index contributed by atoms with van der Waals surface area (Å²) in [5, 5.41) is 0.550. The van der Waals surface area contributed by atoms with Gasteiger partial charge in [-0.1, -0.05) is 46.3 Å². The molecule has 1 amide bonds. The molecule has 3 rings (SSSR count). The van der Waals surface area contributed by atoms with E-state index < -0.39 is 9.84 Å². The highest BCUT2D eigenvalue weighted by Crippen LogP contribution is 2.32. The van der Waals surface area contributed by atoms with Crippen molar-refractivity contribution in [1.82, 2.24) is 9.88 Å². The number of likely N-dealkylation sites (N-methyl/N-ethyl adjacent to an activating group) is 1. The Hall–Kier alpha value is -1.52. The van der Waals surface area contributed by atoms with E-state index in [1.54, 1.807) is 30.0 Å². The van der Waals surface area contributed by atoms with Crippen molar-refractivity contribution in [2.45, 2.75) is 11.8 Å². The van der Waals surface area contributed by atoms with Crippen LogP contribution in [0.1, 0.15) is 17.3 Å². The fraction of sp³-hybridized carbons (Fsp3) is 0.300. The Kier molecular flexibility index (Phi) is 8.41. The molecule has 1 heterocycles. The Labute approximate surface area is 195 Å². The van der Waals surface area contributed by atoms with Gasteiger partial charge in [0.1, 0.15) is 0 Å². The lowest BCUT2D eigenvalue weighted by Crippen LogP contribution is -2.37. The first-order chi connectivity index (χ1) is 13.7. The van der Waals surface area contributed by atoms with Crippen molar-refractivity contribution in [3.63, 3.8) is 0 Å². The summed E-state index contributed by atoms with van der Waals surface area (Å²) in [6.45, 7) is 2.59. The van der Waals surface area contributed by atoms with Gasteiger partial charge in [-0.25, -0.2) is 13.4 Å². The second-order valence-electron chi connectivity index (χ2n) is 6.77. The number of anilines is 1. The summed E-state index contributed by atoms with van der Waals surface area (Å²) in [5.74, 6) is -0.429. The third-order valence-corrected chi connectivity index (χ3v) is 7.74. The molecule has 1 aromatic heterocycles. The van der Waals surface area contributed by atoms with Crippen molar-refractivity contribution in [1.29, 1.82) is 0 Å². The van der Waals surface area contributed by atoms with Gasteiger partial charge < -0.3 is 4.90 Å². The largest absolute Gasteiger partial charge is 0.308 e. The van der Waals surface area contributed by atoms with Crippen LogP contribution in [0, 0.1) is 0 Å². The van der Waals surface area contributed by atoms with Gasteiger partial charge in [0, 0.05) is 17.6 Å². The topological polar surface area (TPSA) is 70.6 Å². The SMILES string of the molecule is CCS(=O)(=O)c1ccccc1C(=O)N(CCN(C)C)c1nc2ccc(Br)cc2s1.Cl. The zero-order valence-corrected chi connectivity index (χ0v) is 20.9. The Morgan fingerprint density at radius 2 is 1.83 bits per heavy atom. The molecule has 0 N–H and O–H groups in total. The van der Waals surface area contributed by atoms with Gasteiger partial charge in [-0.2, -0.15) is 0 Å². The van der Waals surface area contributed by atoms with Crippen molar-refractivity contribution < 1.29 is 13.2 Å². The standard InChI is InChI=1S/C20H22BrN3O3S2.ClH/c1-4-29(26,27)18-8-6-5-7-15(18)19(25)24(12-11-23(2)3)20-22-16-10-9-14(21)13-17(16)28-20;/h5-10,13H,4,11-12H2,1-3H3;1H. The first-order valence-electron chi connectivity index (χ1n) is 9.07. The number of carbonyl (C=O) groups is 1. The maximum absolute atomic E-state index is 13.5. The Morgan fingerprint density at radius 1 is 1.13 bits per heavy atom. The van der Waals surface area contributed by atoms with Crippen LogP contribution in [0.5, 0.6) is 0 Å². The fourth-order valence-corrected chi connectivity index (χ4v) is 5.43. The van der Waals surface area contributed by atoms with E-state index in [-0.39, 0.29) is 34.5 Å². The number of hydrogen-bond donors (Lipinski definition) is 0. The van der Waals surface area contributed by atoms with Gasteiger partial charge in [0.25, 0.3) is 5.91 Å². The van der Waals surface area contributed by atoms with Crippen molar-refractivity contribution in [2.24, 2.45) is 0 Å². The molecule has 30 heavy (non-hydrogen) atoms. The van der Waals surface area contributed by atoms with Crippen LogP contribution in [0.15, 0.2) is 51.8 Å². The van der Waals surface area contributed by atoms with Crippen LogP contribution in [0.2, 0.25) is 0 Å². The van der Waals surface area contributed by atoms with E-state index in [0.717, 1.165) is 14.7 Å². The molecule has 6 nitrogen and oxygen atoms in total. The first-order valence-corrected chi connectivity index (χ1v) is 12.3.